The molecule has 5 heteroatoms. The van der Waals surface area contributed by atoms with Crippen molar-refractivity contribution in [3.63, 3.8) is 0 Å². The first-order valence-electron chi connectivity index (χ1n) is 6.75. The molecule has 0 aliphatic rings. The standard InChI is InChI=1S/C16H19NO3S/c1-4-20-16-9-8-15(11-13(16)3)21(18,19)17-14-7-5-6-12(2)10-14/h5-11,17H,4H2,1-3H3. The van der Waals surface area contributed by atoms with Crippen LogP contribution in [0.3, 0.4) is 0 Å². The van der Waals surface area contributed by atoms with Crippen LogP contribution in [0.1, 0.15) is 18.1 Å². The van der Waals surface area contributed by atoms with Crippen LogP contribution in [0.2, 0.25) is 0 Å². The van der Waals surface area contributed by atoms with Crippen LogP contribution in [0, 0.1) is 13.8 Å². The zero-order valence-electron chi connectivity index (χ0n) is 12.4. The lowest BCUT2D eigenvalue weighted by Gasteiger charge is -2.11. The van der Waals surface area contributed by atoms with Gasteiger partial charge in [-0.15, -0.1) is 0 Å². The number of aryl methyl sites for hydroxylation is 2. The summed E-state index contributed by atoms with van der Waals surface area (Å²) in [5.74, 6) is 0.701. The van der Waals surface area contributed by atoms with E-state index >= 15 is 0 Å². The van der Waals surface area contributed by atoms with E-state index in [9.17, 15) is 8.42 Å². The van der Waals surface area contributed by atoms with Gasteiger partial charge in [-0.1, -0.05) is 12.1 Å². The average molecular weight is 305 g/mol. The van der Waals surface area contributed by atoms with Crippen molar-refractivity contribution in [3.8, 4) is 5.75 Å². The molecule has 0 amide bonds. The van der Waals surface area contributed by atoms with Gasteiger partial charge in [-0.05, 0) is 62.2 Å². The second kappa shape index (κ2) is 6.18. The quantitative estimate of drug-likeness (QED) is 0.919. The summed E-state index contributed by atoms with van der Waals surface area (Å²) in [6.45, 7) is 6.19. The highest BCUT2D eigenvalue weighted by Gasteiger charge is 2.15. The van der Waals surface area contributed by atoms with E-state index in [0.717, 1.165) is 11.1 Å². The lowest BCUT2D eigenvalue weighted by atomic mass is 10.2. The van der Waals surface area contributed by atoms with Crippen molar-refractivity contribution >= 4 is 15.7 Å². The molecule has 4 nitrogen and oxygen atoms in total. The molecule has 0 fully saturated rings. The minimum atomic E-state index is -3.59. The smallest absolute Gasteiger partial charge is 0.261 e. The number of rotatable bonds is 5. The predicted molar refractivity (Wildman–Crippen MR) is 84.3 cm³/mol. The molecular formula is C16H19NO3S. The molecule has 0 aliphatic heterocycles. The van der Waals surface area contributed by atoms with E-state index in [-0.39, 0.29) is 4.90 Å². The SMILES string of the molecule is CCOc1ccc(S(=O)(=O)Nc2cccc(C)c2)cc1C. The Kier molecular flexibility index (Phi) is 4.53. The number of benzene rings is 2. The number of nitrogens with one attached hydrogen (secondary N) is 1. The molecule has 0 radical (unpaired) electrons. The topological polar surface area (TPSA) is 55.4 Å². The number of ether oxygens (including phenoxy) is 1. The summed E-state index contributed by atoms with van der Waals surface area (Å²) in [5.41, 5.74) is 2.35. The Hall–Kier alpha value is -2.01. The molecule has 0 unspecified atom stereocenters. The summed E-state index contributed by atoms with van der Waals surface area (Å²) in [5, 5.41) is 0. The Labute approximate surface area is 125 Å². The Morgan fingerprint density at radius 1 is 1.10 bits per heavy atom. The van der Waals surface area contributed by atoms with Crippen LogP contribution in [0.15, 0.2) is 47.4 Å². The third-order valence-electron chi connectivity index (χ3n) is 3.03. The lowest BCUT2D eigenvalue weighted by Crippen LogP contribution is -2.13. The Balaban J connectivity index is 2.29. The molecule has 0 aromatic heterocycles. The maximum Gasteiger partial charge on any atom is 0.261 e. The van der Waals surface area contributed by atoms with Crippen molar-refractivity contribution in [1.82, 2.24) is 0 Å². The van der Waals surface area contributed by atoms with Crippen LogP contribution >= 0.6 is 0 Å². The predicted octanol–water partition coefficient (Wildman–Crippen LogP) is 3.50. The largest absolute Gasteiger partial charge is 0.494 e. The Morgan fingerprint density at radius 3 is 2.48 bits per heavy atom. The third kappa shape index (κ3) is 3.76. The van der Waals surface area contributed by atoms with Gasteiger partial charge in [0.2, 0.25) is 0 Å². The van der Waals surface area contributed by atoms with Gasteiger partial charge in [0.1, 0.15) is 5.75 Å². The Morgan fingerprint density at radius 2 is 1.86 bits per heavy atom. The summed E-state index contributed by atoms with van der Waals surface area (Å²) < 4.78 is 32.8. The highest BCUT2D eigenvalue weighted by Crippen LogP contribution is 2.23. The number of hydrogen-bond acceptors (Lipinski definition) is 3. The summed E-state index contributed by atoms with van der Waals surface area (Å²) in [4.78, 5) is 0.227. The van der Waals surface area contributed by atoms with Gasteiger partial charge in [0.05, 0.1) is 11.5 Å². The molecule has 0 aliphatic carbocycles. The van der Waals surface area contributed by atoms with Crippen LogP contribution in [0.5, 0.6) is 5.75 Å². The fourth-order valence-electron chi connectivity index (χ4n) is 2.03. The number of sulfonamides is 1. The fraction of sp³-hybridized carbons (Fsp3) is 0.250. The zero-order valence-corrected chi connectivity index (χ0v) is 13.2. The van der Waals surface area contributed by atoms with Gasteiger partial charge in [-0.3, -0.25) is 4.72 Å². The molecule has 0 heterocycles. The minimum absolute atomic E-state index is 0.227. The van der Waals surface area contributed by atoms with E-state index in [1.807, 2.05) is 32.9 Å². The molecule has 21 heavy (non-hydrogen) atoms. The van der Waals surface area contributed by atoms with Gasteiger partial charge < -0.3 is 4.74 Å². The van der Waals surface area contributed by atoms with E-state index in [2.05, 4.69) is 4.72 Å². The van der Waals surface area contributed by atoms with Crippen LogP contribution in [-0.2, 0) is 10.0 Å². The van der Waals surface area contributed by atoms with Crippen LogP contribution in [0.25, 0.3) is 0 Å². The average Bonchev–Trinajstić information content (AvgIpc) is 2.40. The highest BCUT2D eigenvalue weighted by atomic mass is 32.2. The molecule has 0 saturated carbocycles. The Bertz CT molecular complexity index is 739. The molecule has 2 aromatic rings. The highest BCUT2D eigenvalue weighted by molar-refractivity contribution is 7.92. The van der Waals surface area contributed by atoms with E-state index in [0.29, 0.717) is 18.0 Å². The molecule has 2 aromatic carbocycles. The van der Waals surface area contributed by atoms with Crippen molar-refractivity contribution in [2.24, 2.45) is 0 Å². The molecule has 112 valence electrons. The van der Waals surface area contributed by atoms with E-state index in [4.69, 9.17) is 4.74 Å². The van der Waals surface area contributed by atoms with Gasteiger partial charge in [0, 0.05) is 5.69 Å². The van der Waals surface area contributed by atoms with Crippen LogP contribution in [0.4, 0.5) is 5.69 Å². The van der Waals surface area contributed by atoms with Gasteiger partial charge in [-0.25, -0.2) is 8.42 Å². The van der Waals surface area contributed by atoms with Gasteiger partial charge in [0.25, 0.3) is 10.0 Å². The first-order chi connectivity index (χ1) is 9.92. The molecule has 2 rings (SSSR count). The second-order valence-electron chi connectivity index (χ2n) is 4.84. The molecule has 0 atom stereocenters. The monoisotopic (exact) mass is 305 g/mol. The lowest BCUT2D eigenvalue weighted by molar-refractivity contribution is 0.337. The summed E-state index contributed by atoms with van der Waals surface area (Å²) in [7, 11) is -3.59. The van der Waals surface area contributed by atoms with Gasteiger partial charge in [-0.2, -0.15) is 0 Å². The number of anilines is 1. The first-order valence-corrected chi connectivity index (χ1v) is 8.23. The molecule has 0 saturated heterocycles. The van der Waals surface area contributed by atoms with E-state index in [1.54, 1.807) is 30.3 Å². The maximum absolute atomic E-state index is 12.4. The third-order valence-corrected chi connectivity index (χ3v) is 4.41. The fourth-order valence-corrected chi connectivity index (χ4v) is 3.16. The molecule has 0 spiro atoms. The van der Waals surface area contributed by atoms with Crippen molar-refractivity contribution in [2.75, 3.05) is 11.3 Å². The summed E-state index contributed by atoms with van der Waals surface area (Å²) >= 11 is 0. The second-order valence-corrected chi connectivity index (χ2v) is 6.52. The summed E-state index contributed by atoms with van der Waals surface area (Å²) in [6.07, 6.45) is 0. The van der Waals surface area contributed by atoms with Crippen molar-refractivity contribution in [1.29, 1.82) is 0 Å². The first kappa shape index (κ1) is 15.4. The van der Waals surface area contributed by atoms with Crippen molar-refractivity contribution in [3.05, 3.63) is 53.6 Å². The molecular weight excluding hydrogens is 286 g/mol. The van der Waals surface area contributed by atoms with Crippen molar-refractivity contribution < 1.29 is 13.2 Å². The normalized spacial score (nSPS) is 11.2. The van der Waals surface area contributed by atoms with Gasteiger partial charge in [0.15, 0.2) is 0 Å². The van der Waals surface area contributed by atoms with E-state index in [1.165, 1.54) is 0 Å². The number of hydrogen-bond donors (Lipinski definition) is 1. The van der Waals surface area contributed by atoms with Crippen LogP contribution < -0.4 is 9.46 Å². The molecule has 1 N–H and O–H groups in total. The summed E-state index contributed by atoms with van der Waals surface area (Å²) in [6, 6.07) is 12.1. The van der Waals surface area contributed by atoms with Crippen molar-refractivity contribution in [2.45, 2.75) is 25.7 Å². The molecule has 0 bridgehead atoms. The maximum atomic E-state index is 12.4. The van der Waals surface area contributed by atoms with Gasteiger partial charge >= 0.3 is 0 Å². The van der Waals surface area contributed by atoms with Crippen LogP contribution in [-0.4, -0.2) is 15.0 Å². The zero-order chi connectivity index (χ0) is 15.5. The minimum Gasteiger partial charge on any atom is -0.494 e. The van der Waals surface area contributed by atoms with E-state index < -0.39 is 10.0 Å².